The number of benzene rings is 1. The third-order valence-corrected chi connectivity index (χ3v) is 7.05. The highest BCUT2D eigenvalue weighted by Crippen LogP contribution is 2.19. The van der Waals surface area contributed by atoms with E-state index < -0.39 is 40.3 Å². The van der Waals surface area contributed by atoms with Crippen LogP contribution in [0.25, 0.3) is 0 Å². The largest absolute Gasteiger partial charge is 0.456 e. The van der Waals surface area contributed by atoms with Crippen molar-refractivity contribution < 1.29 is 32.3 Å². The number of nitrogens with one attached hydrogen (secondary N) is 2. The van der Waals surface area contributed by atoms with E-state index in [1.54, 1.807) is 32.2 Å². The fourth-order valence-electron chi connectivity index (χ4n) is 3.26. The number of esters is 1. The van der Waals surface area contributed by atoms with E-state index in [2.05, 4.69) is 10.3 Å². The maximum atomic E-state index is 12.9. The monoisotopic (exact) mass is 477 g/mol. The summed E-state index contributed by atoms with van der Waals surface area (Å²) in [4.78, 5) is 40.1. The smallest absolute Gasteiger partial charge is 0.329 e. The Labute approximate surface area is 192 Å². The Bertz CT molecular complexity index is 1090. The number of nitrogens with zero attached hydrogens (tertiary/aromatic N) is 1. The van der Waals surface area contributed by atoms with Crippen LogP contribution in [-0.2, 0) is 24.3 Å². The van der Waals surface area contributed by atoms with E-state index in [4.69, 9.17) is 9.47 Å². The molecule has 1 aromatic carbocycles. The molecule has 1 aliphatic heterocycles. The van der Waals surface area contributed by atoms with E-state index in [-0.39, 0.29) is 29.5 Å². The van der Waals surface area contributed by atoms with E-state index in [0.717, 1.165) is 0 Å². The third kappa shape index (κ3) is 6.06. The average molecular weight is 478 g/mol. The van der Waals surface area contributed by atoms with Gasteiger partial charge in [0.25, 0.3) is 5.91 Å². The van der Waals surface area contributed by atoms with Gasteiger partial charge < -0.3 is 19.8 Å². The highest BCUT2D eigenvalue weighted by Gasteiger charge is 2.29. The summed E-state index contributed by atoms with van der Waals surface area (Å²) in [5, 5.41) is 2.59. The summed E-state index contributed by atoms with van der Waals surface area (Å²) in [5.41, 5.74) is 0.400. The summed E-state index contributed by atoms with van der Waals surface area (Å²) in [6, 6.07) is 7.83. The summed E-state index contributed by atoms with van der Waals surface area (Å²) in [6.07, 6.45) is 1.58. The minimum Gasteiger partial charge on any atom is -0.456 e. The van der Waals surface area contributed by atoms with Gasteiger partial charge in [-0.3, -0.25) is 9.59 Å². The molecular weight excluding hydrogens is 450 g/mol. The number of carbonyl (C=O) groups excluding carboxylic acids is 3. The fraction of sp³-hybridized carbons (Fsp3) is 0.409. The van der Waals surface area contributed by atoms with Crippen LogP contribution >= 0.6 is 0 Å². The lowest BCUT2D eigenvalue weighted by Crippen LogP contribution is -2.45. The quantitative estimate of drug-likeness (QED) is 0.409. The molecule has 0 radical (unpaired) electrons. The Morgan fingerprint density at radius 3 is 2.52 bits per heavy atom. The van der Waals surface area contributed by atoms with Gasteiger partial charge in [-0.2, -0.15) is 4.31 Å². The maximum absolute atomic E-state index is 12.9. The van der Waals surface area contributed by atoms with Crippen LogP contribution in [0.3, 0.4) is 0 Å². The fourth-order valence-corrected chi connectivity index (χ4v) is 4.72. The minimum absolute atomic E-state index is 0.0164. The number of hydrogen-bond donors (Lipinski definition) is 2. The summed E-state index contributed by atoms with van der Waals surface area (Å²) in [6.45, 7) is 4.07. The second kappa shape index (κ2) is 10.7. The first-order chi connectivity index (χ1) is 15.7. The number of morpholine rings is 1. The molecule has 0 saturated carbocycles. The van der Waals surface area contributed by atoms with Gasteiger partial charge >= 0.3 is 5.97 Å². The average Bonchev–Trinajstić information content (AvgIpc) is 3.36. The molecular formula is C22H27N3O7S. The van der Waals surface area contributed by atoms with Gasteiger partial charge in [0.1, 0.15) is 6.04 Å². The van der Waals surface area contributed by atoms with Crippen LogP contribution in [0.5, 0.6) is 0 Å². The van der Waals surface area contributed by atoms with E-state index >= 15 is 0 Å². The van der Waals surface area contributed by atoms with E-state index in [1.807, 2.05) is 0 Å². The summed E-state index contributed by atoms with van der Waals surface area (Å²) < 4.78 is 37.4. The zero-order valence-electron chi connectivity index (χ0n) is 18.4. The number of H-pyrrole nitrogens is 1. The Balaban J connectivity index is 1.68. The lowest BCUT2D eigenvalue weighted by atomic mass is 10.0. The lowest BCUT2D eigenvalue weighted by Gasteiger charge is -2.26. The van der Waals surface area contributed by atoms with Gasteiger partial charge in [-0.15, -0.1) is 0 Å². The molecule has 1 atom stereocenters. The first kappa shape index (κ1) is 24.6. The van der Waals surface area contributed by atoms with Gasteiger partial charge in [0.05, 0.1) is 23.8 Å². The van der Waals surface area contributed by atoms with Crippen molar-refractivity contribution in [3.05, 3.63) is 53.9 Å². The number of ketones is 1. The molecule has 2 N–H and O–H groups in total. The molecule has 0 unspecified atom stereocenters. The van der Waals surface area contributed by atoms with Gasteiger partial charge in [0.15, 0.2) is 6.61 Å². The van der Waals surface area contributed by atoms with Gasteiger partial charge in [-0.05, 0) is 36.2 Å². The molecule has 0 aliphatic carbocycles. The number of amides is 1. The van der Waals surface area contributed by atoms with Crippen LogP contribution in [-0.4, -0.2) is 74.3 Å². The molecule has 3 rings (SSSR count). The van der Waals surface area contributed by atoms with Crippen LogP contribution in [0, 0.1) is 5.92 Å². The van der Waals surface area contributed by atoms with Crippen molar-refractivity contribution in [1.29, 1.82) is 0 Å². The number of carbonyl (C=O) groups is 3. The standard InChI is InChI=1S/C22H27N3O7S/c1-15(2)20(22(28)32-14-19(26)18-7-4-8-23-18)24-21(27)16-5-3-6-17(13-16)33(29,30)25-9-11-31-12-10-25/h3-8,13,15,20,23H,9-12,14H2,1-2H3,(H,24,27)/t20-/m0/s1. The molecule has 11 heteroatoms. The van der Waals surface area contributed by atoms with Crippen LogP contribution < -0.4 is 5.32 Å². The molecule has 1 saturated heterocycles. The van der Waals surface area contributed by atoms with Crippen molar-refractivity contribution in [3.63, 3.8) is 0 Å². The lowest BCUT2D eigenvalue weighted by molar-refractivity contribution is -0.145. The predicted octanol–water partition coefficient (Wildman–Crippen LogP) is 1.22. The zero-order chi connectivity index (χ0) is 24.0. The second-order valence-corrected chi connectivity index (χ2v) is 9.79. The number of hydrogen-bond acceptors (Lipinski definition) is 7. The Morgan fingerprint density at radius 1 is 1.15 bits per heavy atom. The predicted molar refractivity (Wildman–Crippen MR) is 118 cm³/mol. The number of aromatic nitrogens is 1. The normalized spacial score (nSPS) is 15.7. The second-order valence-electron chi connectivity index (χ2n) is 7.85. The first-order valence-corrected chi connectivity index (χ1v) is 12.0. The SMILES string of the molecule is CC(C)[C@H](NC(=O)c1cccc(S(=O)(=O)N2CCOCC2)c1)C(=O)OCC(=O)c1ccc[nH]1. The van der Waals surface area contributed by atoms with Crippen LogP contribution in [0.4, 0.5) is 0 Å². The maximum Gasteiger partial charge on any atom is 0.329 e. The highest BCUT2D eigenvalue weighted by atomic mass is 32.2. The van der Waals surface area contributed by atoms with Crippen LogP contribution in [0.2, 0.25) is 0 Å². The molecule has 1 aromatic heterocycles. The van der Waals surface area contributed by atoms with Crippen molar-refractivity contribution in [3.8, 4) is 0 Å². The minimum atomic E-state index is -3.78. The number of ether oxygens (including phenoxy) is 2. The number of aromatic amines is 1. The summed E-state index contributed by atoms with van der Waals surface area (Å²) in [5.74, 6) is -2.11. The first-order valence-electron chi connectivity index (χ1n) is 10.5. The summed E-state index contributed by atoms with van der Waals surface area (Å²) in [7, 11) is -3.78. The van der Waals surface area contributed by atoms with Crippen molar-refractivity contribution in [2.45, 2.75) is 24.8 Å². The molecule has 10 nitrogen and oxygen atoms in total. The Morgan fingerprint density at radius 2 is 1.88 bits per heavy atom. The number of sulfonamides is 1. The molecule has 1 amide bonds. The van der Waals surface area contributed by atoms with Gasteiger partial charge in [0.2, 0.25) is 15.8 Å². The molecule has 2 heterocycles. The third-order valence-electron chi connectivity index (χ3n) is 5.16. The van der Waals surface area contributed by atoms with Gasteiger partial charge in [0, 0.05) is 24.8 Å². The van der Waals surface area contributed by atoms with Crippen molar-refractivity contribution in [1.82, 2.24) is 14.6 Å². The van der Waals surface area contributed by atoms with Gasteiger partial charge in [-0.25, -0.2) is 13.2 Å². The molecule has 33 heavy (non-hydrogen) atoms. The molecule has 178 valence electrons. The van der Waals surface area contributed by atoms with Crippen molar-refractivity contribution in [2.75, 3.05) is 32.9 Å². The summed E-state index contributed by atoms with van der Waals surface area (Å²) >= 11 is 0. The topological polar surface area (TPSA) is 135 Å². The molecule has 0 spiro atoms. The van der Waals surface area contributed by atoms with E-state index in [1.165, 1.54) is 28.6 Å². The van der Waals surface area contributed by atoms with Crippen LogP contribution in [0.15, 0.2) is 47.5 Å². The number of rotatable bonds is 9. The molecule has 2 aromatic rings. The molecule has 1 aliphatic rings. The Hall–Kier alpha value is -3.02. The van der Waals surface area contributed by atoms with E-state index in [9.17, 15) is 22.8 Å². The van der Waals surface area contributed by atoms with Crippen molar-refractivity contribution in [2.24, 2.45) is 5.92 Å². The van der Waals surface area contributed by atoms with Crippen molar-refractivity contribution >= 4 is 27.7 Å². The zero-order valence-corrected chi connectivity index (χ0v) is 19.3. The number of Topliss-reactive ketones (excluding diaryl/α,β-unsaturated/α-hetero) is 1. The highest BCUT2D eigenvalue weighted by molar-refractivity contribution is 7.89. The molecule has 0 bridgehead atoms. The van der Waals surface area contributed by atoms with Gasteiger partial charge in [-0.1, -0.05) is 19.9 Å². The molecule has 1 fully saturated rings. The van der Waals surface area contributed by atoms with Crippen LogP contribution in [0.1, 0.15) is 34.7 Å². The Kier molecular flexibility index (Phi) is 8.01. The van der Waals surface area contributed by atoms with E-state index in [0.29, 0.717) is 18.9 Å².